The van der Waals surface area contributed by atoms with Gasteiger partial charge in [0, 0.05) is 12.1 Å². The van der Waals surface area contributed by atoms with Gasteiger partial charge in [-0.3, -0.25) is 10.1 Å². The highest BCUT2D eigenvalue weighted by Gasteiger charge is 2.20. The van der Waals surface area contributed by atoms with Crippen molar-refractivity contribution >= 4 is 11.5 Å². The van der Waals surface area contributed by atoms with Crippen LogP contribution in [0.5, 0.6) is 0 Å². The van der Waals surface area contributed by atoms with Gasteiger partial charge in [-0.2, -0.15) is 5.26 Å². The summed E-state index contributed by atoms with van der Waals surface area (Å²) in [4.78, 5) is 14.1. The monoisotopic (exact) mass is 260 g/mol. The predicted molar refractivity (Wildman–Crippen MR) is 70.6 cm³/mol. The summed E-state index contributed by atoms with van der Waals surface area (Å²) >= 11 is 0. The highest BCUT2D eigenvalue weighted by Crippen LogP contribution is 2.26. The Kier molecular flexibility index (Phi) is 3.95. The minimum absolute atomic E-state index is 0.140. The summed E-state index contributed by atoms with van der Waals surface area (Å²) in [6, 6.07) is 5.01. The van der Waals surface area contributed by atoms with Crippen LogP contribution in [-0.4, -0.2) is 15.9 Å². The zero-order valence-corrected chi connectivity index (χ0v) is 10.8. The van der Waals surface area contributed by atoms with Crippen molar-refractivity contribution in [3.8, 4) is 6.07 Å². The van der Waals surface area contributed by atoms with E-state index in [9.17, 15) is 10.1 Å². The average Bonchev–Trinajstić information content (AvgIpc) is 2.41. The van der Waals surface area contributed by atoms with E-state index in [-0.39, 0.29) is 11.4 Å². The van der Waals surface area contributed by atoms with Crippen molar-refractivity contribution in [2.24, 2.45) is 5.92 Å². The molecule has 6 nitrogen and oxygen atoms in total. The molecule has 2 rings (SSSR count). The minimum atomic E-state index is -0.586. The van der Waals surface area contributed by atoms with Crippen LogP contribution in [0, 0.1) is 27.4 Å². The van der Waals surface area contributed by atoms with Crippen molar-refractivity contribution in [2.45, 2.75) is 38.6 Å². The van der Waals surface area contributed by atoms with Gasteiger partial charge in [-0.05, 0) is 37.7 Å². The minimum Gasteiger partial charge on any atom is -0.367 e. The lowest BCUT2D eigenvalue weighted by Gasteiger charge is -2.27. The first kappa shape index (κ1) is 13.3. The first-order valence-electron chi connectivity index (χ1n) is 6.42. The van der Waals surface area contributed by atoms with Crippen molar-refractivity contribution in [3.63, 3.8) is 0 Å². The molecule has 0 radical (unpaired) electrons. The summed E-state index contributed by atoms with van der Waals surface area (Å²) in [7, 11) is 0. The van der Waals surface area contributed by atoms with Gasteiger partial charge in [0.25, 0.3) is 0 Å². The molecule has 0 aliphatic heterocycles. The van der Waals surface area contributed by atoms with E-state index < -0.39 is 4.92 Å². The average molecular weight is 260 g/mol. The highest BCUT2D eigenvalue weighted by atomic mass is 16.6. The Hall–Kier alpha value is -2.16. The molecule has 0 bridgehead atoms. The Bertz CT molecular complexity index is 516. The first-order valence-corrected chi connectivity index (χ1v) is 6.42. The van der Waals surface area contributed by atoms with E-state index in [2.05, 4.69) is 17.2 Å². The molecule has 1 heterocycles. The molecule has 1 aromatic heterocycles. The number of anilines is 1. The van der Waals surface area contributed by atoms with E-state index in [0.717, 1.165) is 18.8 Å². The van der Waals surface area contributed by atoms with Crippen molar-refractivity contribution in [1.82, 2.24) is 4.98 Å². The zero-order chi connectivity index (χ0) is 13.8. The number of nitriles is 1. The molecule has 1 fully saturated rings. The van der Waals surface area contributed by atoms with Gasteiger partial charge in [-0.1, -0.05) is 6.92 Å². The van der Waals surface area contributed by atoms with Gasteiger partial charge in [0.1, 0.15) is 11.9 Å². The van der Waals surface area contributed by atoms with Crippen molar-refractivity contribution in [2.75, 3.05) is 5.32 Å². The summed E-state index contributed by atoms with van der Waals surface area (Å²) in [5, 5.41) is 22.9. The number of nitro groups is 1. The summed E-state index contributed by atoms with van der Waals surface area (Å²) in [5.41, 5.74) is -0.385. The Labute approximate surface area is 111 Å². The topological polar surface area (TPSA) is 91.9 Å². The maximum atomic E-state index is 10.7. The third-order valence-corrected chi connectivity index (χ3v) is 3.54. The van der Waals surface area contributed by atoms with Crippen LogP contribution in [0.15, 0.2) is 12.1 Å². The molecular formula is C13H16N4O2. The van der Waals surface area contributed by atoms with E-state index in [1.165, 1.54) is 18.9 Å². The number of hydrogen-bond acceptors (Lipinski definition) is 5. The number of aromatic nitrogens is 1. The fourth-order valence-electron chi connectivity index (χ4n) is 2.38. The Balaban J connectivity index is 2.09. The van der Waals surface area contributed by atoms with Crippen LogP contribution in [0.2, 0.25) is 0 Å². The fourth-order valence-corrected chi connectivity index (χ4v) is 2.38. The lowest BCUT2D eigenvalue weighted by Crippen LogP contribution is -2.25. The fraction of sp³-hybridized carbons (Fsp3) is 0.538. The normalized spacial score (nSPS) is 22.5. The van der Waals surface area contributed by atoms with E-state index in [1.807, 2.05) is 0 Å². The second-order valence-electron chi connectivity index (χ2n) is 5.03. The van der Waals surface area contributed by atoms with Crippen molar-refractivity contribution in [3.05, 3.63) is 27.9 Å². The smallest absolute Gasteiger partial charge is 0.305 e. The van der Waals surface area contributed by atoms with Gasteiger partial charge in [-0.25, -0.2) is 4.98 Å². The number of nitrogens with zero attached hydrogens (tertiary/aromatic N) is 3. The third kappa shape index (κ3) is 3.19. The standard InChI is InChI=1S/C13H16N4O2/c1-9-2-4-10(5-3-9)15-13-7-6-12(17(18)19)11(8-14)16-13/h6-7,9-10H,2-5H2,1H3,(H,15,16). The van der Waals surface area contributed by atoms with Gasteiger partial charge < -0.3 is 5.32 Å². The number of pyridine rings is 1. The van der Waals surface area contributed by atoms with Crippen LogP contribution in [-0.2, 0) is 0 Å². The van der Waals surface area contributed by atoms with Crippen LogP contribution in [0.4, 0.5) is 11.5 Å². The maximum Gasteiger partial charge on any atom is 0.305 e. The molecule has 1 aromatic rings. The molecule has 1 aliphatic carbocycles. The second-order valence-corrected chi connectivity index (χ2v) is 5.03. The lowest BCUT2D eigenvalue weighted by atomic mass is 9.87. The quantitative estimate of drug-likeness (QED) is 0.666. The van der Waals surface area contributed by atoms with Crippen LogP contribution < -0.4 is 5.32 Å². The van der Waals surface area contributed by atoms with E-state index in [1.54, 1.807) is 12.1 Å². The maximum absolute atomic E-state index is 10.7. The van der Waals surface area contributed by atoms with E-state index in [0.29, 0.717) is 11.9 Å². The first-order chi connectivity index (χ1) is 9.10. The molecular weight excluding hydrogens is 244 g/mol. The summed E-state index contributed by atoms with van der Waals surface area (Å²) in [6.07, 6.45) is 4.49. The summed E-state index contributed by atoms with van der Waals surface area (Å²) in [5.74, 6) is 1.30. The number of hydrogen-bond donors (Lipinski definition) is 1. The van der Waals surface area contributed by atoms with Gasteiger partial charge in [0.15, 0.2) is 0 Å². The lowest BCUT2D eigenvalue weighted by molar-refractivity contribution is -0.385. The molecule has 0 atom stereocenters. The van der Waals surface area contributed by atoms with E-state index in [4.69, 9.17) is 5.26 Å². The molecule has 0 unspecified atom stereocenters. The molecule has 0 amide bonds. The Morgan fingerprint density at radius 3 is 2.68 bits per heavy atom. The largest absolute Gasteiger partial charge is 0.367 e. The van der Waals surface area contributed by atoms with Gasteiger partial charge in [0.2, 0.25) is 5.69 Å². The molecule has 1 N–H and O–H groups in total. The van der Waals surface area contributed by atoms with Crippen LogP contribution in [0.25, 0.3) is 0 Å². The van der Waals surface area contributed by atoms with Gasteiger partial charge >= 0.3 is 5.69 Å². The molecule has 1 aliphatic rings. The van der Waals surface area contributed by atoms with E-state index >= 15 is 0 Å². The second kappa shape index (κ2) is 5.65. The Morgan fingerprint density at radius 2 is 2.11 bits per heavy atom. The number of rotatable bonds is 3. The Morgan fingerprint density at radius 1 is 1.42 bits per heavy atom. The molecule has 100 valence electrons. The molecule has 19 heavy (non-hydrogen) atoms. The molecule has 6 heteroatoms. The predicted octanol–water partition coefficient (Wildman–Crippen LogP) is 2.85. The van der Waals surface area contributed by atoms with Crippen LogP contribution >= 0.6 is 0 Å². The van der Waals surface area contributed by atoms with Gasteiger partial charge in [-0.15, -0.1) is 0 Å². The summed E-state index contributed by atoms with van der Waals surface area (Å²) < 4.78 is 0. The number of nitrogens with one attached hydrogen (secondary N) is 1. The van der Waals surface area contributed by atoms with Crippen LogP contribution in [0.1, 0.15) is 38.3 Å². The molecule has 0 aromatic carbocycles. The highest BCUT2D eigenvalue weighted by molar-refractivity contribution is 5.50. The van der Waals surface area contributed by atoms with Crippen molar-refractivity contribution in [1.29, 1.82) is 5.26 Å². The third-order valence-electron chi connectivity index (χ3n) is 3.54. The zero-order valence-electron chi connectivity index (χ0n) is 10.8. The van der Waals surface area contributed by atoms with Crippen molar-refractivity contribution < 1.29 is 4.92 Å². The van der Waals surface area contributed by atoms with Gasteiger partial charge in [0.05, 0.1) is 4.92 Å². The molecule has 1 saturated carbocycles. The SMILES string of the molecule is CC1CCC(Nc2ccc([N+](=O)[O-])c(C#N)n2)CC1. The molecule has 0 spiro atoms. The van der Waals surface area contributed by atoms with Crippen LogP contribution in [0.3, 0.4) is 0 Å². The molecule has 0 saturated heterocycles. The summed E-state index contributed by atoms with van der Waals surface area (Å²) in [6.45, 7) is 2.24.